The summed E-state index contributed by atoms with van der Waals surface area (Å²) < 4.78 is 10.4. The molecule has 0 radical (unpaired) electrons. The summed E-state index contributed by atoms with van der Waals surface area (Å²) in [5.74, 6) is -0.866. The normalized spacial score (nSPS) is 10.2. The molecule has 2 aromatic rings. The largest absolute Gasteiger partial charge is 0.461 e. The van der Waals surface area contributed by atoms with Gasteiger partial charge >= 0.3 is 11.9 Å². The third-order valence-corrected chi connectivity index (χ3v) is 3.93. The van der Waals surface area contributed by atoms with Gasteiger partial charge in [0.05, 0.1) is 10.9 Å². The highest BCUT2D eigenvalue weighted by Crippen LogP contribution is 2.23. The Labute approximate surface area is 154 Å². The van der Waals surface area contributed by atoms with Gasteiger partial charge in [-0.15, -0.1) is 0 Å². The van der Waals surface area contributed by atoms with E-state index in [4.69, 9.17) is 9.47 Å². The average molecular weight is 405 g/mol. The molecule has 0 spiro atoms. The number of carbonyl (C=O) groups is 3. The molecule has 5 nitrogen and oxygen atoms in total. The van der Waals surface area contributed by atoms with Gasteiger partial charge in [0, 0.05) is 18.1 Å². The molecule has 0 saturated carbocycles. The van der Waals surface area contributed by atoms with Crippen LogP contribution in [0.25, 0.3) is 0 Å². The summed E-state index contributed by atoms with van der Waals surface area (Å²) in [5, 5.41) is 0.169. The fraction of sp³-hybridized carbons (Fsp3) is 0.211. The van der Waals surface area contributed by atoms with E-state index in [9.17, 15) is 14.4 Å². The van der Waals surface area contributed by atoms with Crippen molar-refractivity contribution >= 4 is 33.7 Å². The number of rotatable bonds is 6. The van der Waals surface area contributed by atoms with Crippen LogP contribution in [0.1, 0.15) is 38.8 Å². The summed E-state index contributed by atoms with van der Waals surface area (Å²) in [6, 6.07) is 11.6. The summed E-state index contributed by atoms with van der Waals surface area (Å²) in [6.07, 6.45) is 0. The number of carbonyl (C=O) groups excluding carboxylic acids is 3. The van der Waals surface area contributed by atoms with E-state index in [1.807, 2.05) is 19.1 Å². The van der Waals surface area contributed by atoms with Crippen LogP contribution in [-0.4, -0.2) is 23.1 Å². The molecule has 25 heavy (non-hydrogen) atoms. The van der Waals surface area contributed by atoms with Crippen LogP contribution in [0.5, 0.6) is 5.75 Å². The van der Waals surface area contributed by atoms with Crippen LogP contribution in [0.3, 0.4) is 0 Å². The fourth-order valence-electron chi connectivity index (χ4n) is 2.07. The van der Waals surface area contributed by atoms with Crippen molar-refractivity contribution in [2.75, 3.05) is 5.33 Å². The minimum absolute atomic E-state index is 0.0880. The van der Waals surface area contributed by atoms with Crippen LogP contribution in [-0.2, 0) is 16.1 Å². The Morgan fingerprint density at radius 2 is 1.64 bits per heavy atom. The fourth-order valence-corrected chi connectivity index (χ4v) is 2.39. The van der Waals surface area contributed by atoms with E-state index in [1.54, 1.807) is 24.3 Å². The lowest BCUT2D eigenvalue weighted by molar-refractivity contribution is -0.142. The Balaban J connectivity index is 2.27. The van der Waals surface area contributed by atoms with E-state index < -0.39 is 11.9 Å². The second-order valence-corrected chi connectivity index (χ2v) is 5.98. The molecular weight excluding hydrogens is 388 g/mol. The number of halogens is 1. The van der Waals surface area contributed by atoms with Gasteiger partial charge in [-0.3, -0.25) is 9.59 Å². The quantitative estimate of drug-likeness (QED) is 0.316. The van der Waals surface area contributed by atoms with E-state index in [0.29, 0.717) is 16.7 Å². The van der Waals surface area contributed by atoms with Gasteiger partial charge in [0.1, 0.15) is 12.4 Å². The number of aryl methyl sites for hydroxylation is 1. The molecule has 130 valence electrons. The van der Waals surface area contributed by atoms with Crippen molar-refractivity contribution in [3.05, 3.63) is 64.7 Å². The van der Waals surface area contributed by atoms with Gasteiger partial charge in [0.2, 0.25) is 0 Å². The number of ketones is 1. The molecule has 0 aliphatic heterocycles. The molecule has 0 N–H and O–H groups in total. The number of Topliss-reactive ketones (excluding diaryl/α,β-unsaturated/α-hetero) is 1. The second-order valence-electron chi connectivity index (χ2n) is 5.42. The standard InChI is InChI=1S/C19H17BrO5/c1-12-3-5-14(6-4-12)19(23)25-18-8-7-15(17(22)10-20)9-16(18)11-24-13(2)21/h3-9H,10-11H2,1-2H3. The Bertz CT molecular complexity index is 796. The van der Waals surface area contributed by atoms with Crippen LogP contribution in [0.15, 0.2) is 42.5 Å². The first kappa shape index (κ1) is 18.9. The molecule has 0 atom stereocenters. The summed E-state index contributed by atoms with van der Waals surface area (Å²) in [7, 11) is 0. The molecule has 0 saturated heterocycles. The lowest BCUT2D eigenvalue weighted by atomic mass is 10.1. The van der Waals surface area contributed by atoms with Crippen molar-refractivity contribution in [3.8, 4) is 5.75 Å². The lowest BCUT2D eigenvalue weighted by Crippen LogP contribution is -2.12. The topological polar surface area (TPSA) is 69.7 Å². The first-order chi connectivity index (χ1) is 11.9. The lowest BCUT2D eigenvalue weighted by Gasteiger charge is -2.12. The number of ether oxygens (including phenoxy) is 2. The van der Waals surface area contributed by atoms with Gasteiger partial charge in [-0.2, -0.15) is 0 Å². The van der Waals surface area contributed by atoms with E-state index >= 15 is 0 Å². The summed E-state index contributed by atoms with van der Waals surface area (Å²) in [5.41, 5.74) is 2.33. The van der Waals surface area contributed by atoms with Gasteiger partial charge in [-0.1, -0.05) is 33.6 Å². The molecule has 0 amide bonds. The molecule has 0 fully saturated rings. The molecule has 0 heterocycles. The van der Waals surface area contributed by atoms with E-state index in [0.717, 1.165) is 5.56 Å². The van der Waals surface area contributed by atoms with Crippen molar-refractivity contribution in [1.82, 2.24) is 0 Å². The second kappa shape index (κ2) is 8.58. The zero-order chi connectivity index (χ0) is 18.4. The van der Waals surface area contributed by atoms with Gasteiger partial charge in [-0.25, -0.2) is 4.79 Å². The predicted octanol–water partition coefficient (Wildman–Crippen LogP) is 3.85. The maximum Gasteiger partial charge on any atom is 0.343 e. The first-order valence-electron chi connectivity index (χ1n) is 7.55. The third-order valence-electron chi connectivity index (χ3n) is 3.42. The van der Waals surface area contributed by atoms with Crippen LogP contribution < -0.4 is 4.74 Å². The van der Waals surface area contributed by atoms with E-state index in [-0.39, 0.29) is 23.5 Å². The Kier molecular flexibility index (Phi) is 6.47. The Hall–Kier alpha value is -2.47. The molecule has 2 aromatic carbocycles. The minimum Gasteiger partial charge on any atom is -0.461 e. The van der Waals surface area contributed by atoms with Crippen molar-refractivity contribution in [2.45, 2.75) is 20.5 Å². The van der Waals surface area contributed by atoms with Crippen molar-refractivity contribution in [1.29, 1.82) is 0 Å². The molecule has 0 aromatic heterocycles. The van der Waals surface area contributed by atoms with Crippen LogP contribution >= 0.6 is 15.9 Å². The predicted molar refractivity (Wildman–Crippen MR) is 96.2 cm³/mol. The molecular formula is C19H17BrO5. The van der Waals surface area contributed by atoms with Gasteiger partial charge in [-0.05, 0) is 37.3 Å². The minimum atomic E-state index is -0.524. The van der Waals surface area contributed by atoms with Crippen molar-refractivity contribution < 1.29 is 23.9 Å². The van der Waals surface area contributed by atoms with Crippen LogP contribution in [0, 0.1) is 6.92 Å². The number of hydrogen-bond donors (Lipinski definition) is 0. The first-order valence-corrected chi connectivity index (χ1v) is 8.67. The van der Waals surface area contributed by atoms with Crippen LogP contribution in [0.4, 0.5) is 0 Å². The molecule has 0 aliphatic carbocycles. The molecule has 0 unspecified atom stereocenters. The number of benzene rings is 2. The Morgan fingerprint density at radius 3 is 2.24 bits per heavy atom. The maximum atomic E-state index is 12.3. The zero-order valence-corrected chi connectivity index (χ0v) is 15.5. The number of alkyl halides is 1. The SMILES string of the molecule is CC(=O)OCc1cc(C(=O)CBr)ccc1OC(=O)c1ccc(C)cc1. The molecule has 6 heteroatoms. The Morgan fingerprint density at radius 1 is 1.00 bits per heavy atom. The summed E-state index contributed by atoms with van der Waals surface area (Å²) in [6.45, 7) is 3.12. The summed E-state index contributed by atoms with van der Waals surface area (Å²) in [4.78, 5) is 35.2. The van der Waals surface area contributed by atoms with Crippen LogP contribution in [0.2, 0.25) is 0 Å². The monoisotopic (exact) mass is 404 g/mol. The highest BCUT2D eigenvalue weighted by Gasteiger charge is 2.15. The van der Waals surface area contributed by atoms with Gasteiger partial charge in [0.15, 0.2) is 5.78 Å². The highest BCUT2D eigenvalue weighted by molar-refractivity contribution is 9.09. The average Bonchev–Trinajstić information content (AvgIpc) is 2.60. The number of esters is 2. The maximum absolute atomic E-state index is 12.3. The van der Waals surface area contributed by atoms with E-state index in [2.05, 4.69) is 15.9 Å². The molecule has 0 bridgehead atoms. The zero-order valence-electron chi connectivity index (χ0n) is 13.9. The van der Waals surface area contributed by atoms with Crippen molar-refractivity contribution in [3.63, 3.8) is 0 Å². The smallest absolute Gasteiger partial charge is 0.343 e. The third kappa shape index (κ3) is 5.26. The van der Waals surface area contributed by atoms with Gasteiger partial charge < -0.3 is 9.47 Å². The van der Waals surface area contributed by atoms with E-state index in [1.165, 1.54) is 13.0 Å². The van der Waals surface area contributed by atoms with Crippen molar-refractivity contribution in [2.24, 2.45) is 0 Å². The number of hydrogen-bond acceptors (Lipinski definition) is 5. The van der Waals surface area contributed by atoms with Gasteiger partial charge in [0.25, 0.3) is 0 Å². The summed E-state index contributed by atoms with van der Waals surface area (Å²) >= 11 is 3.11. The highest BCUT2D eigenvalue weighted by atomic mass is 79.9. The molecule has 2 rings (SSSR count). The molecule has 0 aliphatic rings.